The largest absolute Gasteiger partial charge is 0.169 e. The molecule has 0 fully saturated rings. The molecule has 0 radical (unpaired) electrons. The number of hydrogen-bond acceptors (Lipinski definition) is 1. The molecule has 0 spiro atoms. The second-order valence-corrected chi connectivity index (χ2v) is 4.35. The minimum atomic E-state index is 0.0632. The van der Waals surface area contributed by atoms with Crippen LogP contribution in [0.1, 0.15) is 40.0 Å². The average Bonchev–Trinajstić information content (AvgIpc) is 1.78. The van der Waals surface area contributed by atoms with Crippen molar-refractivity contribution >= 4 is 12.6 Å². The molecule has 0 aromatic heterocycles. The molecule has 0 aromatic carbocycles. The molecule has 0 aromatic rings. The molecule has 0 aliphatic rings. The van der Waals surface area contributed by atoms with Crippen LogP contribution in [0.4, 0.5) is 0 Å². The molecule has 0 heterocycles. The third kappa shape index (κ3) is 8.09. The minimum Gasteiger partial charge on any atom is -0.169 e. The number of allylic oxidation sites excluding steroid dienone is 1. The van der Waals surface area contributed by atoms with E-state index in [0.717, 1.165) is 0 Å². The summed E-state index contributed by atoms with van der Waals surface area (Å²) in [6.07, 6.45) is 8.14. The van der Waals surface area contributed by atoms with Gasteiger partial charge in [-0.1, -0.05) is 31.9 Å². The van der Waals surface area contributed by atoms with E-state index < -0.39 is 0 Å². The summed E-state index contributed by atoms with van der Waals surface area (Å²) < 4.78 is 0.0632. The van der Waals surface area contributed by atoms with Gasteiger partial charge in [0.25, 0.3) is 0 Å². The van der Waals surface area contributed by atoms with Crippen LogP contribution in [0.2, 0.25) is 0 Å². The third-order valence-electron chi connectivity index (χ3n) is 1.25. The van der Waals surface area contributed by atoms with Crippen LogP contribution < -0.4 is 0 Å². The Labute approximate surface area is 70.1 Å². The Morgan fingerprint density at radius 2 is 2.00 bits per heavy atom. The van der Waals surface area contributed by atoms with Gasteiger partial charge in [0.15, 0.2) is 0 Å². The van der Waals surface area contributed by atoms with Crippen molar-refractivity contribution in [2.24, 2.45) is 0 Å². The summed E-state index contributed by atoms with van der Waals surface area (Å²) in [4.78, 5) is 0. The number of rotatable bonds is 4. The van der Waals surface area contributed by atoms with Crippen molar-refractivity contribution in [3.63, 3.8) is 0 Å². The van der Waals surface area contributed by atoms with E-state index in [2.05, 4.69) is 45.6 Å². The molecule has 10 heavy (non-hydrogen) atoms. The fourth-order valence-corrected chi connectivity index (χ4v) is 0.799. The van der Waals surface area contributed by atoms with Crippen LogP contribution in [-0.2, 0) is 0 Å². The molecule has 0 amide bonds. The Kier molecular flexibility index (Phi) is 4.88. The molecule has 0 N–H and O–H groups in total. The lowest BCUT2D eigenvalue weighted by Crippen LogP contribution is -2.03. The molecular weight excluding hydrogens is 140 g/mol. The Morgan fingerprint density at radius 3 is 2.40 bits per heavy atom. The first kappa shape index (κ1) is 10.1. The van der Waals surface area contributed by atoms with Crippen molar-refractivity contribution in [1.29, 1.82) is 0 Å². The van der Waals surface area contributed by atoms with E-state index in [9.17, 15) is 0 Å². The van der Waals surface area contributed by atoms with Crippen molar-refractivity contribution < 1.29 is 0 Å². The summed E-state index contributed by atoms with van der Waals surface area (Å²) in [5.41, 5.74) is 0. The topological polar surface area (TPSA) is 0 Å². The summed E-state index contributed by atoms with van der Waals surface area (Å²) in [7, 11) is 0. The SMILES string of the molecule is CCCCC=CC(C)(C)S. The predicted octanol–water partition coefficient (Wildman–Crippen LogP) is 3.44. The normalized spacial score (nSPS) is 12.8. The van der Waals surface area contributed by atoms with Gasteiger partial charge in [-0.3, -0.25) is 0 Å². The van der Waals surface area contributed by atoms with Gasteiger partial charge < -0.3 is 0 Å². The Bertz CT molecular complexity index is 97.8. The van der Waals surface area contributed by atoms with E-state index in [-0.39, 0.29) is 4.75 Å². The second-order valence-electron chi connectivity index (χ2n) is 3.20. The zero-order valence-corrected chi connectivity index (χ0v) is 8.12. The Balaban J connectivity index is 3.37. The molecule has 0 nitrogen and oxygen atoms in total. The smallest absolute Gasteiger partial charge is 0.0252 e. The fourth-order valence-electron chi connectivity index (χ4n) is 0.694. The van der Waals surface area contributed by atoms with E-state index in [4.69, 9.17) is 0 Å². The second kappa shape index (κ2) is 4.84. The lowest BCUT2D eigenvalue weighted by Gasteiger charge is -2.09. The van der Waals surface area contributed by atoms with E-state index in [1.807, 2.05) is 0 Å². The van der Waals surface area contributed by atoms with Gasteiger partial charge in [0.2, 0.25) is 0 Å². The quantitative estimate of drug-likeness (QED) is 0.361. The first-order valence-corrected chi connectivity index (χ1v) is 4.41. The highest BCUT2D eigenvalue weighted by molar-refractivity contribution is 7.82. The van der Waals surface area contributed by atoms with Crippen LogP contribution >= 0.6 is 12.6 Å². The lowest BCUT2D eigenvalue weighted by molar-refractivity contribution is 0.805. The number of hydrogen-bond donors (Lipinski definition) is 1. The molecule has 1 heteroatoms. The van der Waals surface area contributed by atoms with Gasteiger partial charge in [-0.15, -0.1) is 0 Å². The first-order chi connectivity index (χ1) is 4.56. The first-order valence-electron chi connectivity index (χ1n) is 3.96. The molecule has 0 aliphatic heterocycles. The van der Waals surface area contributed by atoms with Crippen LogP contribution in [0.25, 0.3) is 0 Å². The maximum absolute atomic E-state index is 4.37. The van der Waals surface area contributed by atoms with Gasteiger partial charge in [0.05, 0.1) is 0 Å². The van der Waals surface area contributed by atoms with Crippen LogP contribution in [0.3, 0.4) is 0 Å². The highest BCUT2D eigenvalue weighted by Crippen LogP contribution is 2.13. The molecule has 0 saturated carbocycles. The highest BCUT2D eigenvalue weighted by atomic mass is 32.1. The van der Waals surface area contributed by atoms with Crippen LogP contribution in [-0.4, -0.2) is 4.75 Å². The van der Waals surface area contributed by atoms with Crippen LogP contribution in [0.15, 0.2) is 12.2 Å². The lowest BCUT2D eigenvalue weighted by atomic mass is 10.1. The van der Waals surface area contributed by atoms with Gasteiger partial charge in [0.1, 0.15) is 0 Å². The van der Waals surface area contributed by atoms with Crippen LogP contribution in [0.5, 0.6) is 0 Å². The van der Waals surface area contributed by atoms with E-state index >= 15 is 0 Å². The maximum Gasteiger partial charge on any atom is 0.0252 e. The standard InChI is InChI=1S/C9H18S/c1-4-5-6-7-8-9(2,3)10/h7-8,10H,4-6H2,1-3H3. The van der Waals surface area contributed by atoms with Gasteiger partial charge in [0, 0.05) is 4.75 Å². The van der Waals surface area contributed by atoms with E-state index in [1.54, 1.807) is 0 Å². The van der Waals surface area contributed by atoms with Gasteiger partial charge in [-0.25, -0.2) is 0 Å². The molecular formula is C9H18S. The van der Waals surface area contributed by atoms with Gasteiger partial charge in [-0.05, 0) is 20.3 Å². The highest BCUT2D eigenvalue weighted by Gasteiger charge is 2.03. The Morgan fingerprint density at radius 1 is 1.40 bits per heavy atom. The fraction of sp³-hybridized carbons (Fsp3) is 0.778. The predicted molar refractivity (Wildman–Crippen MR) is 51.7 cm³/mol. The van der Waals surface area contributed by atoms with Crippen molar-refractivity contribution in [2.75, 3.05) is 0 Å². The Hall–Kier alpha value is 0.0900. The molecule has 0 bridgehead atoms. The minimum absolute atomic E-state index is 0.0632. The number of unbranched alkanes of at least 4 members (excludes halogenated alkanes) is 2. The molecule has 0 rings (SSSR count). The molecule has 0 unspecified atom stereocenters. The van der Waals surface area contributed by atoms with Crippen molar-refractivity contribution in [3.05, 3.63) is 12.2 Å². The molecule has 0 aliphatic carbocycles. The monoisotopic (exact) mass is 158 g/mol. The maximum atomic E-state index is 4.37. The van der Waals surface area contributed by atoms with Gasteiger partial charge in [-0.2, -0.15) is 12.6 Å². The summed E-state index contributed by atoms with van der Waals surface area (Å²) >= 11 is 4.37. The zero-order chi connectivity index (χ0) is 8.04. The van der Waals surface area contributed by atoms with Crippen molar-refractivity contribution in [1.82, 2.24) is 0 Å². The average molecular weight is 158 g/mol. The molecule has 0 atom stereocenters. The van der Waals surface area contributed by atoms with E-state index in [0.29, 0.717) is 0 Å². The van der Waals surface area contributed by atoms with Gasteiger partial charge >= 0.3 is 0 Å². The molecule has 0 saturated heterocycles. The summed E-state index contributed by atoms with van der Waals surface area (Å²) in [5, 5.41) is 0. The zero-order valence-electron chi connectivity index (χ0n) is 7.22. The summed E-state index contributed by atoms with van der Waals surface area (Å²) in [5.74, 6) is 0. The molecule has 60 valence electrons. The third-order valence-corrected chi connectivity index (χ3v) is 1.40. The van der Waals surface area contributed by atoms with Crippen molar-refractivity contribution in [2.45, 2.75) is 44.8 Å². The van der Waals surface area contributed by atoms with Crippen molar-refractivity contribution in [3.8, 4) is 0 Å². The summed E-state index contributed by atoms with van der Waals surface area (Å²) in [6, 6.07) is 0. The van der Waals surface area contributed by atoms with Crippen LogP contribution in [0, 0.1) is 0 Å². The van der Waals surface area contributed by atoms with E-state index in [1.165, 1.54) is 19.3 Å². The summed E-state index contributed by atoms with van der Waals surface area (Å²) in [6.45, 7) is 6.40. The number of thiol groups is 1.